The van der Waals surface area contributed by atoms with Crippen LogP contribution in [0.25, 0.3) is 0 Å². The van der Waals surface area contributed by atoms with Gasteiger partial charge in [0.15, 0.2) is 0 Å². The summed E-state index contributed by atoms with van der Waals surface area (Å²) in [5, 5.41) is 11.5. The number of carbonyl (C=O) groups excluding carboxylic acids is 1. The van der Waals surface area contributed by atoms with Gasteiger partial charge in [0.2, 0.25) is 5.95 Å². The van der Waals surface area contributed by atoms with Gasteiger partial charge < -0.3 is 16.2 Å². The predicted molar refractivity (Wildman–Crippen MR) is 67.8 cm³/mol. The fourth-order valence-electron chi connectivity index (χ4n) is 1.49. The first-order valence-electron chi connectivity index (χ1n) is 5.30. The van der Waals surface area contributed by atoms with Crippen molar-refractivity contribution in [2.75, 3.05) is 11.1 Å². The van der Waals surface area contributed by atoms with Crippen LogP contribution in [0.3, 0.4) is 0 Å². The highest BCUT2D eigenvalue weighted by molar-refractivity contribution is 6.10. The summed E-state index contributed by atoms with van der Waals surface area (Å²) >= 11 is 0. The lowest BCUT2D eigenvalue weighted by Crippen LogP contribution is -2.17. The van der Waals surface area contributed by atoms with E-state index in [-0.39, 0.29) is 22.9 Å². The fourth-order valence-corrected chi connectivity index (χ4v) is 1.49. The van der Waals surface area contributed by atoms with Crippen molar-refractivity contribution in [2.45, 2.75) is 0 Å². The molecule has 0 saturated carbocycles. The molecule has 1 aromatic heterocycles. The van der Waals surface area contributed by atoms with Crippen LogP contribution in [0.15, 0.2) is 36.5 Å². The van der Waals surface area contributed by atoms with Gasteiger partial charge in [-0.2, -0.15) is 4.98 Å². The average Bonchev–Trinajstić information content (AvgIpc) is 2.38. The number of carboxylic acid groups (broad SMARTS) is 1. The summed E-state index contributed by atoms with van der Waals surface area (Å²) in [5.74, 6) is -1.52. The van der Waals surface area contributed by atoms with Gasteiger partial charge in [0, 0.05) is 6.20 Å². The van der Waals surface area contributed by atoms with E-state index in [9.17, 15) is 9.59 Å². The molecule has 0 saturated heterocycles. The molecule has 2 aromatic rings. The number of carboxylic acids is 1. The minimum atomic E-state index is -1.17. The number of aromatic carboxylic acids is 1. The third-order valence-corrected chi connectivity index (χ3v) is 2.32. The molecule has 0 unspecified atom stereocenters. The molecule has 1 amide bonds. The lowest BCUT2D eigenvalue weighted by molar-refractivity contribution is 0.0692. The van der Waals surface area contributed by atoms with E-state index in [1.807, 2.05) is 0 Å². The van der Waals surface area contributed by atoms with E-state index in [0.717, 1.165) is 0 Å². The van der Waals surface area contributed by atoms with Gasteiger partial charge in [0.25, 0.3) is 5.91 Å². The Morgan fingerprint density at radius 3 is 2.47 bits per heavy atom. The Labute approximate surface area is 108 Å². The number of amides is 1. The summed E-state index contributed by atoms with van der Waals surface area (Å²) in [4.78, 5) is 30.5. The molecule has 0 atom stereocenters. The van der Waals surface area contributed by atoms with Gasteiger partial charge in [-0.1, -0.05) is 12.1 Å². The number of nitrogen functional groups attached to an aromatic ring is 1. The van der Waals surface area contributed by atoms with E-state index >= 15 is 0 Å². The standard InChI is InChI=1S/C12H10N4O3/c13-12-14-6-5-9(16-12)15-10(17)7-3-1-2-4-8(7)11(18)19/h1-6H,(H,18,19)(H3,13,14,15,16,17). The number of nitrogens with two attached hydrogens (primary N) is 1. The van der Waals surface area contributed by atoms with Crippen molar-refractivity contribution >= 4 is 23.6 Å². The Morgan fingerprint density at radius 2 is 1.84 bits per heavy atom. The fraction of sp³-hybridized carbons (Fsp3) is 0. The summed E-state index contributed by atoms with van der Waals surface area (Å²) in [6.45, 7) is 0. The lowest BCUT2D eigenvalue weighted by Gasteiger charge is -2.06. The molecule has 1 heterocycles. The molecule has 7 heteroatoms. The number of rotatable bonds is 3. The maximum Gasteiger partial charge on any atom is 0.336 e. The summed E-state index contributed by atoms with van der Waals surface area (Å²) in [6, 6.07) is 7.35. The Kier molecular flexibility index (Phi) is 3.37. The largest absolute Gasteiger partial charge is 0.478 e. The van der Waals surface area contributed by atoms with E-state index < -0.39 is 11.9 Å². The summed E-state index contributed by atoms with van der Waals surface area (Å²) in [5.41, 5.74) is 5.35. The number of aromatic nitrogens is 2. The molecule has 2 rings (SSSR count). The van der Waals surface area contributed by atoms with Crippen LogP contribution >= 0.6 is 0 Å². The zero-order valence-electron chi connectivity index (χ0n) is 9.70. The zero-order valence-corrected chi connectivity index (χ0v) is 9.70. The normalized spacial score (nSPS) is 9.89. The number of anilines is 2. The molecular formula is C12H10N4O3. The van der Waals surface area contributed by atoms with E-state index in [1.165, 1.54) is 24.4 Å². The minimum absolute atomic E-state index is 0.0179. The van der Waals surface area contributed by atoms with Crippen LogP contribution < -0.4 is 11.1 Å². The molecule has 0 spiro atoms. The molecule has 1 aromatic carbocycles. The summed E-state index contributed by atoms with van der Waals surface area (Å²) in [7, 11) is 0. The highest BCUT2D eigenvalue weighted by atomic mass is 16.4. The molecule has 0 aliphatic heterocycles. The molecular weight excluding hydrogens is 248 g/mol. The topological polar surface area (TPSA) is 118 Å². The number of hydrogen-bond donors (Lipinski definition) is 3. The van der Waals surface area contributed by atoms with Crippen LogP contribution in [0.2, 0.25) is 0 Å². The second-order valence-electron chi connectivity index (χ2n) is 3.60. The first-order valence-corrected chi connectivity index (χ1v) is 5.30. The molecule has 0 bridgehead atoms. The summed E-state index contributed by atoms with van der Waals surface area (Å²) < 4.78 is 0. The van der Waals surface area contributed by atoms with Gasteiger partial charge in [-0.25, -0.2) is 9.78 Å². The number of nitrogens with one attached hydrogen (secondary N) is 1. The molecule has 0 aliphatic rings. The summed E-state index contributed by atoms with van der Waals surface area (Å²) in [6.07, 6.45) is 1.39. The molecule has 0 aliphatic carbocycles. The van der Waals surface area contributed by atoms with Crippen molar-refractivity contribution in [3.63, 3.8) is 0 Å². The van der Waals surface area contributed by atoms with Gasteiger partial charge in [0.05, 0.1) is 11.1 Å². The maximum atomic E-state index is 12.0. The Balaban J connectivity index is 2.28. The average molecular weight is 258 g/mol. The van der Waals surface area contributed by atoms with Crippen molar-refractivity contribution in [1.82, 2.24) is 9.97 Å². The zero-order chi connectivity index (χ0) is 13.8. The number of hydrogen-bond acceptors (Lipinski definition) is 5. The van der Waals surface area contributed by atoms with Crippen molar-refractivity contribution < 1.29 is 14.7 Å². The van der Waals surface area contributed by atoms with Crippen molar-refractivity contribution in [1.29, 1.82) is 0 Å². The quantitative estimate of drug-likeness (QED) is 0.756. The van der Waals surface area contributed by atoms with Crippen molar-refractivity contribution in [3.05, 3.63) is 47.7 Å². The van der Waals surface area contributed by atoms with Gasteiger partial charge >= 0.3 is 5.97 Å². The van der Waals surface area contributed by atoms with E-state index in [0.29, 0.717) is 0 Å². The van der Waals surface area contributed by atoms with Crippen LogP contribution in [0.4, 0.5) is 11.8 Å². The van der Waals surface area contributed by atoms with Gasteiger partial charge in [-0.3, -0.25) is 4.79 Å². The SMILES string of the molecule is Nc1nccc(NC(=O)c2ccccc2C(=O)O)n1. The second kappa shape index (κ2) is 5.13. The molecule has 7 nitrogen and oxygen atoms in total. The van der Waals surface area contributed by atoms with Crippen LogP contribution in [0, 0.1) is 0 Å². The lowest BCUT2D eigenvalue weighted by atomic mass is 10.1. The number of benzene rings is 1. The van der Waals surface area contributed by atoms with E-state index in [1.54, 1.807) is 12.1 Å². The van der Waals surface area contributed by atoms with Crippen LogP contribution in [0.1, 0.15) is 20.7 Å². The first kappa shape index (κ1) is 12.5. The predicted octanol–water partition coefficient (Wildman–Crippen LogP) is 1.01. The first-order chi connectivity index (χ1) is 9.08. The van der Waals surface area contributed by atoms with Crippen LogP contribution in [-0.4, -0.2) is 27.0 Å². The smallest absolute Gasteiger partial charge is 0.336 e. The number of carbonyl (C=O) groups is 2. The van der Waals surface area contributed by atoms with Crippen molar-refractivity contribution in [2.24, 2.45) is 0 Å². The minimum Gasteiger partial charge on any atom is -0.478 e. The van der Waals surface area contributed by atoms with Gasteiger partial charge in [-0.15, -0.1) is 0 Å². The monoisotopic (exact) mass is 258 g/mol. The number of nitrogens with zero attached hydrogens (tertiary/aromatic N) is 2. The molecule has 19 heavy (non-hydrogen) atoms. The maximum absolute atomic E-state index is 12.0. The third-order valence-electron chi connectivity index (χ3n) is 2.32. The Morgan fingerprint density at radius 1 is 1.16 bits per heavy atom. The highest BCUT2D eigenvalue weighted by Crippen LogP contribution is 2.12. The van der Waals surface area contributed by atoms with Gasteiger partial charge in [0.1, 0.15) is 5.82 Å². The highest BCUT2D eigenvalue weighted by Gasteiger charge is 2.16. The van der Waals surface area contributed by atoms with Crippen LogP contribution in [-0.2, 0) is 0 Å². The molecule has 0 fully saturated rings. The molecule has 96 valence electrons. The third kappa shape index (κ3) is 2.83. The second-order valence-corrected chi connectivity index (χ2v) is 3.60. The van der Waals surface area contributed by atoms with E-state index in [2.05, 4.69) is 15.3 Å². The molecule has 4 N–H and O–H groups in total. The van der Waals surface area contributed by atoms with Gasteiger partial charge in [-0.05, 0) is 18.2 Å². The Bertz CT molecular complexity index is 642. The van der Waals surface area contributed by atoms with Crippen molar-refractivity contribution in [3.8, 4) is 0 Å². The molecule has 0 radical (unpaired) electrons. The van der Waals surface area contributed by atoms with Crippen LogP contribution in [0.5, 0.6) is 0 Å². The Hall–Kier alpha value is -2.96. The van der Waals surface area contributed by atoms with E-state index in [4.69, 9.17) is 10.8 Å².